The highest BCUT2D eigenvalue weighted by atomic mass is 15.1. The topological polar surface area (TPSA) is 42.1 Å². The van der Waals surface area contributed by atoms with Gasteiger partial charge in [0, 0.05) is 19.6 Å². The van der Waals surface area contributed by atoms with E-state index in [9.17, 15) is 0 Å². The van der Waals surface area contributed by atoms with Crippen molar-refractivity contribution >= 4 is 5.69 Å². The first-order valence-electron chi connectivity index (χ1n) is 5.22. The van der Waals surface area contributed by atoms with Crippen molar-refractivity contribution in [1.29, 1.82) is 0 Å². The second-order valence-electron chi connectivity index (χ2n) is 3.63. The molecule has 0 unspecified atom stereocenters. The average Bonchev–Trinajstić information content (AvgIpc) is 2.28. The molecule has 0 saturated carbocycles. The first kappa shape index (κ1) is 11.7. The van der Waals surface area contributed by atoms with Crippen LogP contribution in [0.4, 0.5) is 5.69 Å². The van der Waals surface area contributed by atoms with Gasteiger partial charge >= 0.3 is 0 Å². The lowest BCUT2D eigenvalue weighted by molar-refractivity contribution is 0.675. The molecule has 0 spiro atoms. The van der Waals surface area contributed by atoms with Crippen LogP contribution in [-0.2, 0) is 0 Å². The molecule has 2 N–H and O–H groups in total. The summed E-state index contributed by atoms with van der Waals surface area (Å²) >= 11 is 0. The van der Waals surface area contributed by atoms with Crippen LogP contribution in [0.1, 0.15) is 25.1 Å². The number of nitrogens with zero attached hydrogens (tertiary/aromatic N) is 2. The molecule has 3 nitrogen and oxygen atoms in total. The van der Waals surface area contributed by atoms with Crippen molar-refractivity contribution in [1.82, 2.24) is 4.98 Å². The molecule has 1 aromatic heterocycles. The van der Waals surface area contributed by atoms with Gasteiger partial charge in [0.1, 0.15) is 0 Å². The summed E-state index contributed by atoms with van der Waals surface area (Å²) in [6, 6.07) is 4.08. The van der Waals surface area contributed by atoms with Gasteiger partial charge in [-0.1, -0.05) is 13.0 Å². The van der Waals surface area contributed by atoms with Crippen LogP contribution in [0.2, 0.25) is 0 Å². The molecule has 0 saturated heterocycles. The molecule has 1 atom stereocenters. The maximum atomic E-state index is 5.89. The third kappa shape index (κ3) is 3.06. The molecule has 0 aliphatic rings. The van der Waals surface area contributed by atoms with E-state index in [4.69, 9.17) is 5.73 Å². The van der Waals surface area contributed by atoms with Crippen LogP contribution in [0.5, 0.6) is 0 Å². The Balaban J connectivity index is 2.75. The third-order valence-electron chi connectivity index (χ3n) is 2.43. The first-order valence-corrected chi connectivity index (χ1v) is 5.22. The van der Waals surface area contributed by atoms with Gasteiger partial charge in [0.2, 0.25) is 0 Å². The fraction of sp³-hybridized carbons (Fsp3) is 0.417. The van der Waals surface area contributed by atoms with Crippen LogP contribution in [0.25, 0.3) is 0 Å². The van der Waals surface area contributed by atoms with E-state index < -0.39 is 0 Å². The zero-order chi connectivity index (χ0) is 11.3. The largest absolute Gasteiger partial charge is 0.370 e. The van der Waals surface area contributed by atoms with Crippen LogP contribution in [0.15, 0.2) is 31.0 Å². The normalized spacial score (nSPS) is 12.2. The van der Waals surface area contributed by atoms with Crippen molar-refractivity contribution in [2.45, 2.75) is 19.4 Å². The SMILES string of the molecule is C=CCN(C)c1ccc([C@H](N)CC)nc1. The highest BCUT2D eigenvalue weighted by Gasteiger charge is 2.05. The van der Waals surface area contributed by atoms with Gasteiger partial charge in [-0.3, -0.25) is 4.98 Å². The van der Waals surface area contributed by atoms with E-state index in [0.29, 0.717) is 0 Å². The van der Waals surface area contributed by atoms with Gasteiger partial charge < -0.3 is 10.6 Å². The summed E-state index contributed by atoms with van der Waals surface area (Å²) in [7, 11) is 2.01. The number of anilines is 1. The van der Waals surface area contributed by atoms with Crippen LogP contribution in [-0.4, -0.2) is 18.6 Å². The molecule has 0 bridgehead atoms. The van der Waals surface area contributed by atoms with Crippen molar-refractivity contribution in [3.05, 3.63) is 36.7 Å². The monoisotopic (exact) mass is 205 g/mol. The zero-order valence-corrected chi connectivity index (χ0v) is 9.48. The van der Waals surface area contributed by atoms with Crippen LogP contribution < -0.4 is 10.6 Å². The van der Waals surface area contributed by atoms with Crippen molar-refractivity contribution in [2.24, 2.45) is 5.73 Å². The highest BCUT2D eigenvalue weighted by Crippen LogP contribution is 2.15. The summed E-state index contributed by atoms with van der Waals surface area (Å²) in [5.74, 6) is 0. The Bertz CT molecular complexity index is 305. The minimum absolute atomic E-state index is 0.0451. The number of hydrogen-bond donors (Lipinski definition) is 1. The lowest BCUT2D eigenvalue weighted by atomic mass is 10.1. The van der Waals surface area contributed by atoms with Gasteiger partial charge in [0.25, 0.3) is 0 Å². The van der Waals surface area contributed by atoms with E-state index in [1.54, 1.807) is 0 Å². The zero-order valence-electron chi connectivity index (χ0n) is 9.48. The smallest absolute Gasteiger partial charge is 0.0572 e. The number of rotatable bonds is 5. The van der Waals surface area contributed by atoms with E-state index in [-0.39, 0.29) is 6.04 Å². The fourth-order valence-electron chi connectivity index (χ4n) is 1.35. The van der Waals surface area contributed by atoms with E-state index >= 15 is 0 Å². The Morgan fingerprint density at radius 1 is 1.60 bits per heavy atom. The lowest BCUT2D eigenvalue weighted by Gasteiger charge is -2.17. The molecule has 3 heteroatoms. The molecule has 0 aromatic carbocycles. The molecular weight excluding hydrogens is 186 g/mol. The Morgan fingerprint density at radius 2 is 2.33 bits per heavy atom. The molecule has 0 fully saturated rings. The third-order valence-corrected chi connectivity index (χ3v) is 2.43. The van der Waals surface area contributed by atoms with Gasteiger partial charge in [-0.2, -0.15) is 0 Å². The molecule has 0 radical (unpaired) electrons. The predicted molar refractivity (Wildman–Crippen MR) is 64.9 cm³/mol. The van der Waals surface area contributed by atoms with Crippen molar-refractivity contribution < 1.29 is 0 Å². The number of hydrogen-bond acceptors (Lipinski definition) is 3. The van der Waals surface area contributed by atoms with E-state index in [0.717, 1.165) is 24.3 Å². The molecular formula is C12H19N3. The molecule has 0 aliphatic heterocycles. The molecule has 0 aliphatic carbocycles. The van der Waals surface area contributed by atoms with E-state index in [1.807, 2.05) is 31.5 Å². The molecule has 1 aromatic rings. The van der Waals surface area contributed by atoms with Crippen molar-refractivity contribution in [3.8, 4) is 0 Å². The predicted octanol–water partition coefficient (Wildman–Crippen LogP) is 2.11. The molecule has 82 valence electrons. The number of aromatic nitrogens is 1. The Morgan fingerprint density at radius 3 is 2.80 bits per heavy atom. The van der Waals surface area contributed by atoms with E-state index in [1.165, 1.54) is 0 Å². The number of likely N-dealkylation sites (N-methyl/N-ethyl adjacent to an activating group) is 1. The van der Waals surface area contributed by atoms with E-state index in [2.05, 4.69) is 23.4 Å². The lowest BCUT2D eigenvalue weighted by Crippen LogP contribution is -2.17. The average molecular weight is 205 g/mol. The summed E-state index contributed by atoms with van der Waals surface area (Å²) in [5, 5.41) is 0. The van der Waals surface area contributed by atoms with Gasteiger partial charge in [0.15, 0.2) is 0 Å². The first-order chi connectivity index (χ1) is 7.19. The minimum atomic E-state index is 0.0451. The quantitative estimate of drug-likeness (QED) is 0.749. The summed E-state index contributed by atoms with van der Waals surface area (Å²) in [6.45, 7) is 6.58. The van der Waals surface area contributed by atoms with Crippen LogP contribution in [0.3, 0.4) is 0 Å². The molecule has 1 rings (SSSR count). The summed E-state index contributed by atoms with van der Waals surface area (Å²) in [5.41, 5.74) is 7.92. The maximum Gasteiger partial charge on any atom is 0.0572 e. The van der Waals surface area contributed by atoms with Gasteiger partial charge in [-0.15, -0.1) is 6.58 Å². The minimum Gasteiger partial charge on any atom is -0.370 e. The maximum absolute atomic E-state index is 5.89. The molecule has 1 heterocycles. The summed E-state index contributed by atoms with van der Waals surface area (Å²) in [4.78, 5) is 6.44. The number of pyridine rings is 1. The Hall–Kier alpha value is -1.35. The molecule has 0 amide bonds. The van der Waals surface area contributed by atoms with Crippen molar-refractivity contribution in [2.75, 3.05) is 18.5 Å². The van der Waals surface area contributed by atoms with Crippen molar-refractivity contribution in [3.63, 3.8) is 0 Å². The summed E-state index contributed by atoms with van der Waals surface area (Å²) in [6.07, 6.45) is 4.63. The van der Waals surface area contributed by atoms with Gasteiger partial charge in [-0.25, -0.2) is 0 Å². The molecule has 15 heavy (non-hydrogen) atoms. The second-order valence-corrected chi connectivity index (χ2v) is 3.63. The van der Waals surface area contributed by atoms with Gasteiger partial charge in [0.05, 0.1) is 17.6 Å². The summed E-state index contributed by atoms with van der Waals surface area (Å²) < 4.78 is 0. The Kier molecular flexibility index (Phi) is 4.31. The second kappa shape index (κ2) is 5.51. The van der Waals surface area contributed by atoms with Gasteiger partial charge in [-0.05, 0) is 18.6 Å². The van der Waals surface area contributed by atoms with Crippen LogP contribution >= 0.6 is 0 Å². The number of nitrogens with two attached hydrogens (primary N) is 1. The highest BCUT2D eigenvalue weighted by molar-refractivity contribution is 5.44. The standard InChI is InChI=1S/C12H19N3/c1-4-8-15(3)10-6-7-12(14-9-10)11(13)5-2/h4,6-7,9,11H,1,5,8,13H2,2-3H3/t11-/m1/s1. The Labute approximate surface area is 91.6 Å². The fourth-order valence-corrected chi connectivity index (χ4v) is 1.35. The van der Waals surface area contributed by atoms with Crippen LogP contribution in [0, 0.1) is 0 Å².